The van der Waals surface area contributed by atoms with Crippen molar-refractivity contribution in [3.63, 3.8) is 0 Å². The molecule has 0 saturated carbocycles. The van der Waals surface area contributed by atoms with Crippen molar-refractivity contribution in [3.05, 3.63) is 87.9 Å². The highest BCUT2D eigenvalue weighted by Crippen LogP contribution is 2.35. The third kappa shape index (κ3) is 4.49. The molecular weight excluding hydrogens is 388 g/mol. The van der Waals surface area contributed by atoms with Gasteiger partial charge in [0, 0.05) is 17.0 Å². The van der Waals surface area contributed by atoms with Gasteiger partial charge in [-0.3, -0.25) is 4.79 Å². The SMILES string of the molecule is CCOC(=O)c1c(O)cc(-c2ccccc2)c(CC(=O)c2ccc(Cl)cc2)c1C. The van der Waals surface area contributed by atoms with Crippen LogP contribution < -0.4 is 0 Å². The van der Waals surface area contributed by atoms with Gasteiger partial charge in [-0.05, 0) is 66.4 Å². The van der Waals surface area contributed by atoms with Crippen LogP contribution in [0.5, 0.6) is 5.75 Å². The Kier molecular flexibility index (Phi) is 6.35. The zero-order chi connectivity index (χ0) is 21.0. The fourth-order valence-corrected chi connectivity index (χ4v) is 3.43. The minimum atomic E-state index is -0.609. The Morgan fingerprint density at radius 1 is 1.03 bits per heavy atom. The molecule has 0 aliphatic carbocycles. The third-order valence-corrected chi connectivity index (χ3v) is 5.01. The molecular formula is C24H21ClO4. The summed E-state index contributed by atoms with van der Waals surface area (Å²) >= 11 is 5.92. The molecule has 0 bridgehead atoms. The Labute approximate surface area is 174 Å². The summed E-state index contributed by atoms with van der Waals surface area (Å²) in [5.41, 5.74) is 3.38. The number of carbonyl (C=O) groups is 2. The van der Waals surface area contributed by atoms with E-state index in [9.17, 15) is 14.7 Å². The molecule has 0 spiro atoms. The molecule has 3 rings (SSSR count). The largest absolute Gasteiger partial charge is 0.507 e. The Hall–Kier alpha value is -3.11. The maximum atomic E-state index is 12.9. The monoisotopic (exact) mass is 408 g/mol. The first kappa shape index (κ1) is 20.6. The van der Waals surface area contributed by atoms with Gasteiger partial charge in [0.05, 0.1) is 6.61 Å². The molecule has 1 N–H and O–H groups in total. The molecule has 0 radical (unpaired) electrons. The molecule has 0 aliphatic heterocycles. The van der Waals surface area contributed by atoms with Crippen molar-refractivity contribution in [2.45, 2.75) is 20.3 Å². The van der Waals surface area contributed by atoms with Crippen LogP contribution in [-0.2, 0) is 11.2 Å². The van der Waals surface area contributed by atoms with Crippen LogP contribution in [0.2, 0.25) is 5.02 Å². The minimum absolute atomic E-state index is 0.0738. The fourth-order valence-electron chi connectivity index (χ4n) is 3.30. The molecule has 5 heteroatoms. The van der Waals surface area contributed by atoms with Crippen molar-refractivity contribution in [1.82, 2.24) is 0 Å². The van der Waals surface area contributed by atoms with E-state index < -0.39 is 5.97 Å². The summed E-state index contributed by atoms with van der Waals surface area (Å²) in [7, 11) is 0. The lowest BCUT2D eigenvalue weighted by molar-refractivity contribution is 0.0521. The second-order valence-corrected chi connectivity index (χ2v) is 7.05. The number of Topliss-reactive ketones (excluding diaryl/α,β-unsaturated/α-hetero) is 1. The molecule has 0 heterocycles. The van der Waals surface area contributed by atoms with Gasteiger partial charge in [0.15, 0.2) is 5.78 Å². The predicted molar refractivity (Wildman–Crippen MR) is 114 cm³/mol. The number of ketones is 1. The lowest BCUT2D eigenvalue weighted by Crippen LogP contribution is -2.12. The number of rotatable bonds is 6. The van der Waals surface area contributed by atoms with Gasteiger partial charge >= 0.3 is 5.97 Å². The van der Waals surface area contributed by atoms with E-state index in [1.165, 1.54) is 6.07 Å². The molecule has 0 atom stereocenters. The van der Waals surface area contributed by atoms with Crippen molar-refractivity contribution in [1.29, 1.82) is 0 Å². The second kappa shape index (κ2) is 8.93. The number of ether oxygens (including phenoxy) is 1. The number of halogens is 1. The number of phenolic OH excluding ortho intramolecular Hbond substituents is 1. The second-order valence-electron chi connectivity index (χ2n) is 6.62. The van der Waals surface area contributed by atoms with E-state index in [0.29, 0.717) is 27.3 Å². The van der Waals surface area contributed by atoms with Crippen LogP contribution in [0.15, 0.2) is 60.7 Å². The quantitative estimate of drug-likeness (QED) is 0.424. The molecule has 148 valence electrons. The summed E-state index contributed by atoms with van der Waals surface area (Å²) in [5, 5.41) is 11.1. The van der Waals surface area contributed by atoms with E-state index >= 15 is 0 Å². The van der Waals surface area contributed by atoms with Crippen LogP contribution in [0.25, 0.3) is 11.1 Å². The first-order valence-corrected chi connectivity index (χ1v) is 9.67. The Bertz CT molecular complexity index is 1040. The van der Waals surface area contributed by atoms with E-state index in [4.69, 9.17) is 16.3 Å². The van der Waals surface area contributed by atoms with Crippen molar-refractivity contribution in [3.8, 4) is 16.9 Å². The van der Waals surface area contributed by atoms with Crippen LogP contribution in [0.4, 0.5) is 0 Å². The Morgan fingerprint density at radius 2 is 1.69 bits per heavy atom. The van der Waals surface area contributed by atoms with Gasteiger partial charge in [-0.1, -0.05) is 41.9 Å². The summed E-state index contributed by atoms with van der Waals surface area (Å²) in [6.45, 7) is 3.62. The van der Waals surface area contributed by atoms with Crippen LogP contribution in [0, 0.1) is 6.92 Å². The van der Waals surface area contributed by atoms with Crippen molar-refractivity contribution < 1.29 is 19.4 Å². The zero-order valence-electron chi connectivity index (χ0n) is 16.2. The standard InChI is InChI=1S/C24H21ClO4/c1-3-29-24(28)23-15(2)19(13-21(26)17-9-11-18(25)12-10-17)20(14-22(23)27)16-7-5-4-6-8-16/h4-12,14,27H,3,13H2,1-2H3. The van der Waals surface area contributed by atoms with E-state index in [1.54, 1.807) is 38.1 Å². The number of benzene rings is 3. The van der Waals surface area contributed by atoms with Crippen LogP contribution >= 0.6 is 11.6 Å². The van der Waals surface area contributed by atoms with E-state index in [1.807, 2.05) is 30.3 Å². The predicted octanol–water partition coefficient (Wildman–Crippen LogP) is 5.62. The van der Waals surface area contributed by atoms with Gasteiger partial charge in [0.25, 0.3) is 0 Å². The first-order valence-electron chi connectivity index (χ1n) is 9.29. The molecule has 0 aliphatic rings. The molecule has 0 amide bonds. The van der Waals surface area contributed by atoms with E-state index in [0.717, 1.165) is 5.56 Å². The zero-order valence-corrected chi connectivity index (χ0v) is 17.0. The summed E-state index contributed by atoms with van der Waals surface area (Å²) < 4.78 is 5.09. The maximum absolute atomic E-state index is 12.9. The number of hydrogen-bond donors (Lipinski definition) is 1. The number of aromatic hydroxyl groups is 1. The van der Waals surface area contributed by atoms with Crippen LogP contribution in [0.1, 0.15) is 38.8 Å². The lowest BCUT2D eigenvalue weighted by Gasteiger charge is -2.17. The highest BCUT2D eigenvalue weighted by atomic mass is 35.5. The molecule has 0 saturated heterocycles. The van der Waals surface area contributed by atoms with Gasteiger partial charge in [-0.2, -0.15) is 0 Å². The number of phenols is 1. The molecule has 3 aromatic rings. The topological polar surface area (TPSA) is 63.6 Å². The molecule has 0 fully saturated rings. The minimum Gasteiger partial charge on any atom is -0.507 e. The van der Waals surface area contributed by atoms with Gasteiger partial charge < -0.3 is 9.84 Å². The normalized spacial score (nSPS) is 10.6. The van der Waals surface area contributed by atoms with Crippen molar-refractivity contribution >= 4 is 23.4 Å². The molecule has 3 aromatic carbocycles. The Morgan fingerprint density at radius 3 is 2.31 bits per heavy atom. The average Bonchev–Trinajstić information content (AvgIpc) is 2.71. The molecule has 0 aromatic heterocycles. The summed E-state index contributed by atoms with van der Waals surface area (Å²) in [6, 6.07) is 17.7. The van der Waals surface area contributed by atoms with Gasteiger partial charge in [-0.15, -0.1) is 0 Å². The summed E-state index contributed by atoms with van der Waals surface area (Å²) in [4.78, 5) is 25.3. The average molecular weight is 409 g/mol. The summed E-state index contributed by atoms with van der Waals surface area (Å²) in [5.74, 6) is -0.882. The Balaban J connectivity index is 2.13. The summed E-state index contributed by atoms with van der Waals surface area (Å²) in [6.07, 6.45) is 0.0738. The number of carbonyl (C=O) groups excluding carboxylic acids is 2. The molecule has 29 heavy (non-hydrogen) atoms. The van der Waals surface area contributed by atoms with Crippen LogP contribution in [0.3, 0.4) is 0 Å². The fraction of sp³-hybridized carbons (Fsp3) is 0.167. The van der Waals surface area contributed by atoms with Gasteiger partial charge in [0.2, 0.25) is 0 Å². The highest BCUT2D eigenvalue weighted by Gasteiger charge is 2.23. The number of hydrogen-bond acceptors (Lipinski definition) is 4. The lowest BCUT2D eigenvalue weighted by atomic mass is 9.88. The molecule has 4 nitrogen and oxygen atoms in total. The first-order chi connectivity index (χ1) is 13.9. The molecule has 0 unspecified atom stereocenters. The number of esters is 1. The van der Waals surface area contributed by atoms with Crippen molar-refractivity contribution in [2.75, 3.05) is 6.61 Å². The van der Waals surface area contributed by atoms with Crippen molar-refractivity contribution in [2.24, 2.45) is 0 Å². The van der Waals surface area contributed by atoms with E-state index in [-0.39, 0.29) is 30.1 Å². The van der Waals surface area contributed by atoms with Gasteiger partial charge in [-0.25, -0.2) is 4.79 Å². The third-order valence-electron chi connectivity index (χ3n) is 4.76. The van der Waals surface area contributed by atoms with E-state index in [2.05, 4.69) is 0 Å². The van der Waals surface area contributed by atoms with Crippen LogP contribution in [-0.4, -0.2) is 23.5 Å². The highest BCUT2D eigenvalue weighted by molar-refractivity contribution is 6.30. The van der Waals surface area contributed by atoms with Gasteiger partial charge in [0.1, 0.15) is 11.3 Å². The smallest absolute Gasteiger partial charge is 0.342 e. The maximum Gasteiger partial charge on any atom is 0.342 e.